The fourth-order valence-electron chi connectivity index (χ4n) is 2.10. The van der Waals surface area contributed by atoms with Crippen molar-refractivity contribution in [3.63, 3.8) is 0 Å². The van der Waals surface area contributed by atoms with Gasteiger partial charge in [-0.3, -0.25) is 4.79 Å². The smallest absolute Gasteiger partial charge is 0.251 e. The van der Waals surface area contributed by atoms with Gasteiger partial charge < -0.3 is 20.9 Å². The van der Waals surface area contributed by atoms with E-state index >= 15 is 0 Å². The van der Waals surface area contributed by atoms with Crippen LogP contribution in [-0.2, 0) is 16.0 Å². The Morgan fingerprint density at radius 3 is 3.06 bits per heavy atom. The summed E-state index contributed by atoms with van der Waals surface area (Å²) in [5, 5.41) is 0. The molecule has 0 radical (unpaired) electrons. The minimum Gasteiger partial charge on any atom is -0.493 e. The Kier molecular flexibility index (Phi) is 4.17. The molecule has 0 spiro atoms. The maximum Gasteiger partial charge on any atom is 0.251 e. The Balaban J connectivity index is 2.23. The van der Waals surface area contributed by atoms with Crippen molar-refractivity contribution in [3.05, 3.63) is 29.3 Å². The molecule has 0 fully saturated rings. The Hall–Kier alpha value is -1.59. The molecule has 0 aromatic heterocycles. The van der Waals surface area contributed by atoms with Gasteiger partial charge >= 0.3 is 0 Å². The highest BCUT2D eigenvalue weighted by molar-refractivity contribution is 5.81. The van der Waals surface area contributed by atoms with E-state index in [9.17, 15) is 4.79 Å². The molecule has 5 nitrogen and oxygen atoms in total. The van der Waals surface area contributed by atoms with Gasteiger partial charge in [-0.2, -0.15) is 0 Å². The van der Waals surface area contributed by atoms with Gasteiger partial charge in [0.05, 0.1) is 13.2 Å². The maximum atomic E-state index is 11.3. The zero-order chi connectivity index (χ0) is 13.0. The van der Waals surface area contributed by atoms with Crippen molar-refractivity contribution in [1.29, 1.82) is 0 Å². The van der Waals surface area contributed by atoms with E-state index in [1.807, 2.05) is 18.2 Å². The summed E-state index contributed by atoms with van der Waals surface area (Å²) in [5.74, 6) is 0.338. The van der Waals surface area contributed by atoms with Gasteiger partial charge in [-0.05, 0) is 31.0 Å². The van der Waals surface area contributed by atoms with Gasteiger partial charge in [-0.1, -0.05) is 12.1 Å². The van der Waals surface area contributed by atoms with Crippen molar-refractivity contribution in [2.24, 2.45) is 11.5 Å². The molecule has 18 heavy (non-hydrogen) atoms. The quantitative estimate of drug-likeness (QED) is 0.745. The van der Waals surface area contributed by atoms with E-state index in [0.29, 0.717) is 19.8 Å². The average molecular weight is 250 g/mol. The molecule has 1 atom stereocenters. The van der Waals surface area contributed by atoms with Crippen LogP contribution in [0, 0.1) is 0 Å². The number of primary amides is 1. The van der Waals surface area contributed by atoms with E-state index in [2.05, 4.69) is 0 Å². The summed E-state index contributed by atoms with van der Waals surface area (Å²) in [6.45, 7) is 1.66. The zero-order valence-corrected chi connectivity index (χ0v) is 10.2. The summed E-state index contributed by atoms with van der Waals surface area (Å²) in [6.07, 6.45) is 0.879. The van der Waals surface area contributed by atoms with Crippen molar-refractivity contribution in [2.75, 3.05) is 19.8 Å². The van der Waals surface area contributed by atoms with Crippen molar-refractivity contribution in [1.82, 2.24) is 0 Å². The third kappa shape index (κ3) is 2.63. The lowest BCUT2D eigenvalue weighted by atomic mass is 9.96. The molecule has 0 bridgehead atoms. The summed E-state index contributed by atoms with van der Waals surface area (Å²) >= 11 is 0. The van der Waals surface area contributed by atoms with E-state index in [1.54, 1.807) is 0 Å². The predicted octanol–water partition coefficient (Wildman–Crippen LogP) is 0.513. The third-order valence-corrected chi connectivity index (χ3v) is 2.95. The van der Waals surface area contributed by atoms with E-state index in [1.165, 1.54) is 0 Å². The highest BCUT2D eigenvalue weighted by Crippen LogP contribution is 2.33. The fraction of sp³-hybridized carbons (Fsp3) is 0.462. The van der Waals surface area contributed by atoms with Gasteiger partial charge in [0.1, 0.15) is 5.75 Å². The SMILES string of the molecule is NCCCOc1cccc2c1CCOC2C(N)=O. The summed E-state index contributed by atoms with van der Waals surface area (Å²) in [6, 6.07) is 5.61. The average Bonchev–Trinajstić information content (AvgIpc) is 2.38. The molecule has 0 saturated carbocycles. The summed E-state index contributed by atoms with van der Waals surface area (Å²) in [4.78, 5) is 11.3. The number of rotatable bonds is 5. The van der Waals surface area contributed by atoms with E-state index < -0.39 is 12.0 Å². The molecule has 1 aromatic rings. The van der Waals surface area contributed by atoms with Crippen LogP contribution >= 0.6 is 0 Å². The number of carbonyl (C=O) groups is 1. The van der Waals surface area contributed by atoms with Crippen LogP contribution in [0.5, 0.6) is 5.75 Å². The minimum atomic E-state index is -0.660. The highest BCUT2D eigenvalue weighted by Gasteiger charge is 2.27. The van der Waals surface area contributed by atoms with Crippen LogP contribution in [0.25, 0.3) is 0 Å². The standard InChI is InChI=1S/C13H18N2O3/c14-6-2-7-17-11-4-1-3-10-9(11)5-8-18-12(10)13(15)16/h1,3-4,12H,2,5-8,14H2,(H2,15,16). The van der Waals surface area contributed by atoms with Crippen LogP contribution in [0.3, 0.4) is 0 Å². The van der Waals surface area contributed by atoms with Crippen LogP contribution in [0.4, 0.5) is 0 Å². The number of hydrogen-bond acceptors (Lipinski definition) is 4. The molecule has 0 saturated heterocycles. The van der Waals surface area contributed by atoms with E-state index in [4.69, 9.17) is 20.9 Å². The lowest BCUT2D eigenvalue weighted by Crippen LogP contribution is -2.29. The van der Waals surface area contributed by atoms with Crippen LogP contribution < -0.4 is 16.2 Å². The largest absolute Gasteiger partial charge is 0.493 e. The molecule has 1 aromatic carbocycles. The number of carbonyl (C=O) groups excluding carboxylic acids is 1. The van der Waals surface area contributed by atoms with Crippen LogP contribution in [0.2, 0.25) is 0 Å². The third-order valence-electron chi connectivity index (χ3n) is 2.95. The summed E-state index contributed by atoms with van der Waals surface area (Å²) in [7, 11) is 0. The van der Waals surface area contributed by atoms with Gasteiger partial charge in [-0.25, -0.2) is 0 Å². The molecule has 4 N–H and O–H groups in total. The van der Waals surface area contributed by atoms with Crippen LogP contribution in [0.1, 0.15) is 23.7 Å². The molecule has 2 rings (SSSR count). The second kappa shape index (κ2) is 5.84. The van der Waals surface area contributed by atoms with Gasteiger partial charge in [0.25, 0.3) is 5.91 Å². The van der Waals surface area contributed by atoms with Crippen LogP contribution in [-0.4, -0.2) is 25.7 Å². The van der Waals surface area contributed by atoms with Gasteiger partial charge in [0.2, 0.25) is 0 Å². The zero-order valence-electron chi connectivity index (χ0n) is 10.2. The number of fused-ring (bicyclic) bond motifs is 1. The maximum absolute atomic E-state index is 11.3. The number of ether oxygens (including phenoxy) is 2. The second-order valence-corrected chi connectivity index (χ2v) is 4.22. The lowest BCUT2D eigenvalue weighted by molar-refractivity contribution is -0.130. The predicted molar refractivity (Wildman–Crippen MR) is 67.2 cm³/mol. The van der Waals surface area contributed by atoms with Gasteiger partial charge in [0, 0.05) is 5.56 Å². The van der Waals surface area contributed by atoms with Crippen molar-refractivity contribution < 1.29 is 14.3 Å². The molecule has 98 valence electrons. The van der Waals surface area contributed by atoms with Crippen molar-refractivity contribution in [3.8, 4) is 5.75 Å². The second-order valence-electron chi connectivity index (χ2n) is 4.22. The normalized spacial score (nSPS) is 18.2. The Morgan fingerprint density at radius 2 is 2.33 bits per heavy atom. The fourth-order valence-corrected chi connectivity index (χ4v) is 2.10. The molecule has 0 aliphatic carbocycles. The molecule has 1 heterocycles. The molecular formula is C13H18N2O3. The van der Waals surface area contributed by atoms with Gasteiger partial charge in [-0.15, -0.1) is 0 Å². The number of benzene rings is 1. The van der Waals surface area contributed by atoms with E-state index in [-0.39, 0.29) is 0 Å². The first-order chi connectivity index (χ1) is 8.74. The Labute approximate surface area is 106 Å². The molecule has 1 aliphatic heterocycles. The highest BCUT2D eigenvalue weighted by atomic mass is 16.5. The minimum absolute atomic E-state index is 0.463. The Bertz CT molecular complexity index is 434. The monoisotopic (exact) mass is 250 g/mol. The number of nitrogens with two attached hydrogens (primary N) is 2. The molecule has 1 amide bonds. The summed E-state index contributed by atoms with van der Waals surface area (Å²) in [5.41, 5.74) is 12.6. The van der Waals surface area contributed by atoms with Crippen LogP contribution in [0.15, 0.2) is 18.2 Å². The van der Waals surface area contributed by atoms with Crippen molar-refractivity contribution >= 4 is 5.91 Å². The van der Waals surface area contributed by atoms with Gasteiger partial charge in [0.15, 0.2) is 6.10 Å². The topological polar surface area (TPSA) is 87.6 Å². The first kappa shape index (κ1) is 12.9. The molecule has 5 heteroatoms. The number of amides is 1. The first-order valence-electron chi connectivity index (χ1n) is 6.09. The molecule has 1 unspecified atom stereocenters. The first-order valence-corrected chi connectivity index (χ1v) is 6.09. The Morgan fingerprint density at radius 1 is 1.50 bits per heavy atom. The molecule has 1 aliphatic rings. The lowest BCUT2D eigenvalue weighted by Gasteiger charge is -2.25. The van der Waals surface area contributed by atoms with E-state index in [0.717, 1.165) is 29.7 Å². The molecular weight excluding hydrogens is 232 g/mol. The number of hydrogen-bond donors (Lipinski definition) is 2. The summed E-state index contributed by atoms with van der Waals surface area (Å²) < 4.78 is 11.1. The van der Waals surface area contributed by atoms with Crippen molar-refractivity contribution in [2.45, 2.75) is 18.9 Å².